The number of alkyl halides is 1. The zero-order valence-corrected chi connectivity index (χ0v) is 8.38. The second-order valence-corrected chi connectivity index (χ2v) is 4.50. The molecule has 1 amide bonds. The maximum Gasteiger partial charge on any atom is 0.238 e. The normalized spacial score (nSPS) is 39.1. The van der Waals surface area contributed by atoms with Gasteiger partial charge < -0.3 is 10.1 Å². The van der Waals surface area contributed by atoms with E-state index < -0.39 is 5.38 Å². The van der Waals surface area contributed by atoms with Crippen molar-refractivity contribution in [3.8, 4) is 0 Å². The van der Waals surface area contributed by atoms with Crippen LogP contribution in [0.5, 0.6) is 0 Å². The fraction of sp³-hybridized carbons (Fsp3) is 0.889. The Bertz CT molecular complexity index is 220. The third-order valence-electron chi connectivity index (χ3n) is 2.79. The Hall–Kier alpha value is -0.280. The maximum atomic E-state index is 11.3. The van der Waals surface area contributed by atoms with E-state index in [1.165, 1.54) is 0 Å². The molecule has 0 aromatic carbocycles. The number of carbonyl (C=O) groups excluding carboxylic acids is 1. The molecule has 0 spiro atoms. The molecule has 3 nitrogen and oxygen atoms in total. The van der Waals surface area contributed by atoms with Crippen LogP contribution in [0.1, 0.15) is 26.2 Å². The first-order valence-electron chi connectivity index (χ1n) is 4.76. The monoisotopic (exact) mass is 203 g/mol. The van der Waals surface area contributed by atoms with Gasteiger partial charge in [-0.25, -0.2) is 0 Å². The molecule has 0 aliphatic carbocycles. The Morgan fingerprint density at radius 3 is 2.85 bits per heavy atom. The summed E-state index contributed by atoms with van der Waals surface area (Å²) in [5.41, 5.74) is 0. The lowest BCUT2D eigenvalue weighted by Gasteiger charge is -2.20. The molecule has 0 radical (unpaired) electrons. The first-order chi connectivity index (χ1) is 6.16. The molecule has 1 unspecified atom stereocenters. The van der Waals surface area contributed by atoms with Crippen molar-refractivity contribution in [3.63, 3.8) is 0 Å². The summed E-state index contributed by atoms with van der Waals surface area (Å²) < 4.78 is 5.61. The van der Waals surface area contributed by atoms with Crippen molar-refractivity contribution in [2.45, 2.75) is 49.8 Å². The molecule has 2 saturated heterocycles. The van der Waals surface area contributed by atoms with Gasteiger partial charge in [0.25, 0.3) is 0 Å². The lowest BCUT2D eigenvalue weighted by Crippen LogP contribution is -2.43. The zero-order valence-electron chi connectivity index (χ0n) is 7.63. The fourth-order valence-electron chi connectivity index (χ4n) is 2.09. The summed E-state index contributed by atoms with van der Waals surface area (Å²) in [4.78, 5) is 11.3. The average molecular weight is 204 g/mol. The number of ether oxygens (including phenoxy) is 1. The number of amides is 1. The molecule has 2 bridgehead atoms. The number of fused-ring (bicyclic) bond motifs is 2. The molecule has 2 aliphatic heterocycles. The molecule has 74 valence electrons. The van der Waals surface area contributed by atoms with E-state index in [0.29, 0.717) is 6.10 Å². The highest BCUT2D eigenvalue weighted by atomic mass is 35.5. The van der Waals surface area contributed by atoms with Crippen molar-refractivity contribution in [3.05, 3.63) is 0 Å². The van der Waals surface area contributed by atoms with Crippen LogP contribution in [0, 0.1) is 0 Å². The summed E-state index contributed by atoms with van der Waals surface area (Å²) in [5, 5.41) is 2.47. The van der Waals surface area contributed by atoms with Gasteiger partial charge in [-0.05, 0) is 26.2 Å². The minimum Gasteiger partial charge on any atom is -0.373 e. The van der Waals surface area contributed by atoms with Crippen molar-refractivity contribution in [1.82, 2.24) is 5.32 Å². The van der Waals surface area contributed by atoms with E-state index in [9.17, 15) is 4.79 Å². The molecular weight excluding hydrogens is 190 g/mol. The number of hydrogen-bond acceptors (Lipinski definition) is 2. The topological polar surface area (TPSA) is 38.3 Å². The highest BCUT2D eigenvalue weighted by Crippen LogP contribution is 2.34. The van der Waals surface area contributed by atoms with Gasteiger partial charge in [-0.15, -0.1) is 11.6 Å². The van der Waals surface area contributed by atoms with E-state index in [1.807, 2.05) is 0 Å². The summed E-state index contributed by atoms with van der Waals surface area (Å²) in [5.74, 6) is -0.0807. The average Bonchev–Trinajstić information content (AvgIpc) is 2.64. The quantitative estimate of drug-likeness (QED) is 0.682. The number of rotatable bonds is 2. The number of carbonyl (C=O) groups is 1. The van der Waals surface area contributed by atoms with Gasteiger partial charge >= 0.3 is 0 Å². The van der Waals surface area contributed by atoms with Gasteiger partial charge in [0.05, 0.1) is 18.2 Å². The molecule has 2 aliphatic rings. The molecule has 4 atom stereocenters. The second-order valence-electron chi connectivity index (χ2n) is 3.84. The molecule has 0 saturated carbocycles. The van der Waals surface area contributed by atoms with Crippen LogP contribution in [0.4, 0.5) is 0 Å². The molecule has 2 rings (SSSR count). The minimum absolute atomic E-state index is 0.0807. The Morgan fingerprint density at radius 1 is 1.62 bits per heavy atom. The van der Waals surface area contributed by atoms with Gasteiger partial charge in [-0.1, -0.05) is 0 Å². The van der Waals surface area contributed by atoms with Crippen molar-refractivity contribution in [1.29, 1.82) is 0 Å². The smallest absolute Gasteiger partial charge is 0.238 e. The van der Waals surface area contributed by atoms with Crippen LogP contribution in [0.25, 0.3) is 0 Å². The molecule has 2 fully saturated rings. The summed E-state index contributed by atoms with van der Waals surface area (Å²) >= 11 is 5.66. The Kier molecular flexibility index (Phi) is 2.47. The molecule has 1 N–H and O–H groups in total. The summed E-state index contributed by atoms with van der Waals surface area (Å²) in [6, 6.07) is 0.201. The van der Waals surface area contributed by atoms with Gasteiger partial charge in [-0.3, -0.25) is 4.79 Å². The van der Waals surface area contributed by atoms with E-state index in [4.69, 9.17) is 16.3 Å². The molecule has 4 heteroatoms. The Labute approximate surface area is 82.8 Å². The maximum absolute atomic E-state index is 11.3. The Balaban J connectivity index is 1.86. The van der Waals surface area contributed by atoms with E-state index in [2.05, 4.69) is 5.32 Å². The number of nitrogens with one attached hydrogen (secondary N) is 1. The number of hydrogen-bond donors (Lipinski definition) is 1. The van der Waals surface area contributed by atoms with Crippen LogP contribution in [-0.2, 0) is 9.53 Å². The standard InChI is InChI=1S/C9H14ClNO2/c1-5(10)9(12)11-7-4-6-2-3-8(7)13-6/h5-8H,2-4H2,1H3,(H,11,12)/t5?,6-,7-,8+/m1/s1. The van der Waals surface area contributed by atoms with Crippen molar-refractivity contribution < 1.29 is 9.53 Å². The van der Waals surface area contributed by atoms with Crippen molar-refractivity contribution in [2.24, 2.45) is 0 Å². The second kappa shape index (κ2) is 3.46. The van der Waals surface area contributed by atoms with E-state index >= 15 is 0 Å². The highest BCUT2D eigenvalue weighted by Gasteiger charge is 2.41. The number of halogens is 1. The van der Waals surface area contributed by atoms with Gasteiger partial charge in [0.15, 0.2) is 0 Å². The van der Waals surface area contributed by atoms with Crippen LogP contribution in [0.15, 0.2) is 0 Å². The van der Waals surface area contributed by atoms with Crippen molar-refractivity contribution >= 4 is 17.5 Å². The van der Waals surface area contributed by atoms with Gasteiger partial charge in [0.1, 0.15) is 5.38 Å². The minimum atomic E-state index is -0.445. The summed E-state index contributed by atoms with van der Waals surface area (Å²) in [6.45, 7) is 1.69. The largest absolute Gasteiger partial charge is 0.373 e. The lowest BCUT2D eigenvalue weighted by molar-refractivity contribution is -0.121. The molecule has 13 heavy (non-hydrogen) atoms. The van der Waals surface area contributed by atoms with Gasteiger partial charge in [0.2, 0.25) is 5.91 Å². The highest BCUT2D eigenvalue weighted by molar-refractivity contribution is 6.30. The zero-order chi connectivity index (χ0) is 9.42. The molecule has 0 aromatic heterocycles. The first kappa shape index (κ1) is 9.28. The third kappa shape index (κ3) is 1.81. The summed E-state index contributed by atoms with van der Waals surface area (Å²) in [7, 11) is 0. The predicted molar refractivity (Wildman–Crippen MR) is 49.8 cm³/mol. The van der Waals surface area contributed by atoms with Crippen LogP contribution in [0.2, 0.25) is 0 Å². The van der Waals surface area contributed by atoms with Crippen LogP contribution in [0.3, 0.4) is 0 Å². The van der Waals surface area contributed by atoms with Crippen LogP contribution < -0.4 is 5.32 Å². The third-order valence-corrected chi connectivity index (χ3v) is 2.99. The SMILES string of the molecule is CC(Cl)C(=O)N[C@@H]1C[C@H]2CC[C@@H]1O2. The fourth-order valence-corrected chi connectivity index (χ4v) is 2.15. The first-order valence-corrected chi connectivity index (χ1v) is 5.20. The van der Waals surface area contributed by atoms with E-state index in [0.717, 1.165) is 19.3 Å². The molecule has 0 aromatic rings. The van der Waals surface area contributed by atoms with Crippen LogP contribution >= 0.6 is 11.6 Å². The Morgan fingerprint density at radius 2 is 2.38 bits per heavy atom. The predicted octanol–water partition coefficient (Wildman–Crippen LogP) is 1.05. The van der Waals surface area contributed by atoms with Crippen molar-refractivity contribution in [2.75, 3.05) is 0 Å². The van der Waals surface area contributed by atoms with Gasteiger partial charge in [-0.2, -0.15) is 0 Å². The molecular formula is C9H14ClNO2. The van der Waals surface area contributed by atoms with Crippen LogP contribution in [-0.4, -0.2) is 29.5 Å². The van der Waals surface area contributed by atoms with E-state index in [-0.39, 0.29) is 18.1 Å². The summed E-state index contributed by atoms with van der Waals surface area (Å²) in [6.07, 6.45) is 3.80. The van der Waals surface area contributed by atoms with E-state index in [1.54, 1.807) is 6.92 Å². The van der Waals surface area contributed by atoms with Gasteiger partial charge in [0, 0.05) is 0 Å². The lowest BCUT2D eigenvalue weighted by atomic mass is 9.95. The molecule has 2 heterocycles.